The molecule has 0 saturated carbocycles. The number of hydrogen-bond acceptors (Lipinski definition) is 5. The van der Waals surface area contributed by atoms with E-state index in [-0.39, 0.29) is 11.2 Å². The van der Waals surface area contributed by atoms with Crippen LogP contribution in [-0.2, 0) is 4.79 Å². The van der Waals surface area contributed by atoms with E-state index in [0.717, 1.165) is 11.3 Å². The Morgan fingerprint density at radius 3 is 3.05 bits per heavy atom. The van der Waals surface area contributed by atoms with Crippen molar-refractivity contribution in [2.24, 2.45) is 0 Å². The molecule has 0 spiro atoms. The van der Waals surface area contributed by atoms with E-state index in [1.807, 2.05) is 36.6 Å². The van der Waals surface area contributed by atoms with E-state index in [1.54, 1.807) is 6.20 Å². The molecule has 0 aliphatic rings. The molecule has 2 aromatic rings. The average molecular weight is 293 g/mol. The first kappa shape index (κ1) is 13.9. The van der Waals surface area contributed by atoms with Crippen molar-refractivity contribution in [1.82, 2.24) is 4.98 Å². The van der Waals surface area contributed by atoms with Crippen LogP contribution < -0.4 is 11.1 Å². The molecule has 3 N–H and O–H groups in total. The smallest absolute Gasteiger partial charge is 0.239 e. The number of nitrogens with zero attached hydrogens (tertiary/aromatic N) is 1. The van der Waals surface area contributed by atoms with Crippen LogP contribution in [0.4, 0.5) is 10.8 Å². The molecule has 1 amide bonds. The summed E-state index contributed by atoms with van der Waals surface area (Å²) in [7, 11) is 0. The number of aromatic nitrogens is 1. The number of nitrogens with two attached hydrogens (primary N) is 1. The minimum Gasteiger partial charge on any atom is -0.399 e. The van der Waals surface area contributed by atoms with Crippen LogP contribution in [-0.4, -0.2) is 16.1 Å². The van der Waals surface area contributed by atoms with E-state index in [1.165, 1.54) is 23.1 Å². The maximum atomic E-state index is 12.1. The van der Waals surface area contributed by atoms with Gasteiger partial charge in [-0.1, -0.05) is 13.0 Å². The Balaban J connectivity index is 2.01. The molecule has 4 nitrogen and oxygen atoms in total. The number of carbonyl (C=O) groups excluding carboxylic acids is 1. The third kappa shape index (κ3) is 3.97. The maximum Gasteiger partial charge on any atom is 0.239 e. The van der Waals surface area contributed by atoms with Gasteiger partial charge < -0.3 is 11.1 Å². The quantitative estimate of drug-likeness (QED) is 0.656. The van der Waals surface area contributed by atoms with E-state index < -0.39 is 0 Å². The molecule has 0 aliphatic heterocycles. The highest BCUT2D eigenvalue weighted by Gasteiger charge is 2.18. The number of anilines is 2. The molecule has 2 rings (SSSR count). The van der Waals surface area contributed by atoms with Crippen LogP contribution in [0, 0.1) is 0 Å². The molecule has 1 atom stereocenters. The monoisotopic (exact) mass is 293 g/mol. The Bertz CT molecular complexity index is 543. The second-order valence-electron chi connectivity index (χ2n) is 3.91. The summed E-state index contributed by atoms with van der Waals surface area (Å²) >= 11 is 2.93. The summed E-state index contributed by atoms with van der Waals surface area (Å²) < 4.78 is 0. The van der Waals surface area contributed by atoms with Crippen LogP contribution in [0.1, 0.15) is 13.3 Å². The molecule has 19 heavy (non-hydrogen) atoms. The molecular formula is C13H15N3OS2. The van der Waals surface area contributed by atoms with E-state index >= 15 is 0 Å². The van der Waals surface area contributed by atoms with Gasteiger partial charge in [0.1, 0.15) is 0 Å². The molecule has 6 heteroatoms. The van der Waals surface area contributed by atoms with Crippen molar-refractivity contribution in [3.8, 4) is 0 Å². The van der Waals surface area contributed by atoms with Gasteiger partial charge >= 0.3 is 0 Å². The summed E-state index contributed by atoms with van der Waals surface area (Å²) in [6, 6.07) is 7.56. The number of nitrogen functional groups attached to an aromatic ring is 1. The Morgan fingerprint density at radius 1 is 1.58 bits per heavy atom. The van der Waals surface area contributed by atoms with Gasteiger partial charge in [0.25, 0.3) is 0 Å². The van der Waals surface area contributed by atoms with Gasteiger partial charge in [0.05, 0.1) is 5.25 Å². The fraction of sp³-hybridized carbons (Fsp3) is 0.231. The highest BCUT2D eigenvalue weighted by molar-refractivity contribution is 8.00. The highest BCUT2D eigenvalue weighted by atomic mass is 32.2. The van der Waals surface area contributed by atoms with E-state index in [2.05, 4.69) is 10.3 Å². The zero-order chi connectivity index (χ0) is 13.7. The lowest BCUT2D eigenvalue weighted by atomic mass is 10.3. The number of rotatable bonds is 5. The van der Waals surface area contributed by atoms with Gasteiger partial charge in [0.2, 0.25) is 5.91 Å². The van der Waals surface area contributed by atoms with Crippen molar-refractivity contribution < 1.29 is 4.79 Å². The number of benzene rings is 1. The van der Waals surface area contributed by atoms with Gasteiger partial charge in [-0.2, -0.15) is 0 Å². The number of hydrogen-bond donors (Lipinski definition) is 2. The Labute approximate surface area is 120 Å². The van der Waals surface area contributed by atoms with Crippen LogP contribution in [0.3, 0.4) is 0 Å². The predicted molar refractivity (Wildman–Crippen MR) is 81.5 cm³/mol. The molecule has 0 saturated heterocycles. The van der Waals surface area contributed by atoms with E-state index in [4.69, 9.17) is 5.73 Å². The molecule has 1 heterocycles. The lowest BCUT2D eigenvalue weighted by Crippen LogP contribution is -2.24. The zero-order valence-corrected chi connectivity index (χ0v) is 12.1. The molecule has 0 fully saturated rings. The normalized spacial score (nSPS) is 12.1. The van der Waals surface area contributed by atoms with Crippen molar-refractivity contribution in [1.29, 1.82) is 0 Å². The standard InChI is InChI=1S/C13H15N3OS2/c1-2-11(12(17)16-13-15-6-7-18-13)19-10-5-3-4-9(14)8-10/h3-8,11H,2,14H2,1H3,(H,15,16,17). The third-order valence-corrected chi connectivity index (χ3v) is 4.51. The summed E-state index contributed by atoms with van der Waals surface area (Å²) in [6.45, 7) is 1.99. The molecule has 1 aromatic carbocycles. The van der Waals surface area contributed by atoms with Crippen LogP contribution in [0.25, 0.3) is 0 Å². The topological polar surface area (TPSA) is 68.0 Å². The van der Waals surface area contributed by atoms with E-state index in [9.17, 15) is 4.79 Å². The van der Waals surface area contributed by atoms with Crippen molar-refractivity contribution in [2.45, 2.75) is 23.5 Å². The lowest BCUT2D eigenvalue weighted by Gasteiger charge is -2.13. The van der Waals surface area contributed by atoms with Gasteiger partial charge in [-0.25, -0.2) is 4.98 Å². The number of amides is 1. The second kappa shape index (κ2) is 6.58. The summed E-state index contributed by atoms with van der Waals surface area (Å²) in [5, 5.41) is 5.15. The van der Waals surface area contributed by atoms with Gasteiger partial charge in [0, 0.05) is 22.2 Å². The number of nitrogens with one attached hydrogen (secondary N) is 1. The van der Waals surface area contributed by atoms with Gasteiger partial charge in [-0.15, -0.1) is 23.1 Å². The Morgan fingerprint density at radius 2 is 2.42 bits per heavy atom. The molecule has 100 valence electrons. The number of thioether (sulfide) groups is 1. The fourth-order valence-corrected chi connectivity index (χ4v) is 3.10. The summed E-state index contributed by atoms with van der Waals surface area (Å²) in [5.74, 6) is -0.0233. The molecule has 0 aliphatic carbocycles. The summed E-state index contributed by atoms with van der Waals surface area (Å²) in [4.78, 5) is 17.2. The maximum absolute atomic E-state index is 12.1. The van der Waals surface area contributed by atoms with Gasteiger partial charge in [-0.3, -0.25) is 4.79 Å². The van der Waals surface area contributed by atoms with Crippen LogP contribution in [0.5, 0.6) is 0 Å². The predicted octanol–water partition coefficient (Wildman–Crippen LogP) is 3.23. The van der Waals surface area contributed by atoms with Gasteiger partial charge in [0.15, 0.2) is 5.13 Å². The molecule has 0 radical (unpaired) electrons. The third-order valence-electron chi connectivity index (χ3n) is 2.46. The van der Waals surface area contributed by atoms with Crippen LogP contribution in [0.15, 0.2) is 40.7 Å². The van der Waals surface area contributed by atoms with Crippen molar-refractivity contribution in [3.63, 3.8) is 0 Å². The second-order valence-corrected chi connectivity index (χ2v) is 6.08. The number of carbonyl (C=O) groups is 1. The van der Waals surface area contributed by atoms with Crippen molar-refractivity contribution in [2.75, 3.05) is 11.1 Å². The molecule has 0 bridgehead atoms. The van der Waals surface area contributed by atoms with E-state index in [0.29, 0.717) is 10.8 Å². The first-order valence-electron chi connectivity index (χ1n) is 5.91. The molecule has 1 unspecified atom stereocenters. The molecule has 1 aromatic heterocycles. The fourth-order valence-electron chi connectivity index (χ4n) is 1.55. The van der Waals surface area contributed by atoms with Crippen LogP contribution in [0.2, 0.25) is 0 Å². The first-order chi connectivity index (χ1) is 9.19. The minimum atomic E-state index is -0.148. The zero-order valence-electron chi connectivity index (χ0n) is 10.5. The number of thiazole rings is 1. The first-order valence-corrected chi connectivity index (χ1v) is 7.67. The van der Waals surface area contributed by atoms with Gasteiger partial charge in [-0.05, 0) is 24.6 Å². The minimum absolute atomic E-state index is 0.0233. The Kier molecular flexibility index (Phi) is 4.81. The highest BCUT2D eigenvalue weighted by Crippen LogP contribution is 2.27. The Hall–Kier alpha value is -1.53. The summed E-state index contributed by atoms with van der Waals surface area (Å²) in [6.07, 6.45) is 2.42. The molecular weight excluding hydrogens is 278 g/mol. The SMILES string of the molecule is CCC(Sc1cccc(N)c1)C(=O)Nc1nccs1. The van der Waals surface area contributed by atoms with Crippen molar-refractivity contribution >= 4 is 39.8 Å². The largest absolute Gasteiger partial charge is 0.399 e. The van der Waals surface area contributed by atoms with Crippen molar-refractivity contribution in [3.05, 3.63) is 35.8 Å². The summed E-state index contributed by atoms with van der Waals surface area (Å²) in [5.41, 5.74) is 6.45. The lowest BCUT2D eigenvalue weighted by molar-refractivity contribution is -0.115. The van der Waals surface area contributed by atoms with Crippen LogP contribution >= 0.6 is 23.1 Å². The average Bonchev–Trinajstić information content (AvgIpc) is 2.88.